The Labute approximate surface area is 86.8 Å². The zero-order valence-electron chi connectivity index (χ0n) is 9.52. The Kier molecular flexibility index (Phi) is 3.48. The van der Waals surface area contributed by atoms with Gasteiger partial charge in [0.1, 0.15) is 5.78 Å². The molecule has 0 saturated carbocycles. The molecule has 0 amide bonds. The van der Waals surface area contributed by atoms with E-state index in [-0.39, 0.29) is 5.41 Å². The quantitative estimate of drug-likeness (QED) is 0.696. The van der Waals surface area contributed by atoms with Crippen LogP contribution in [0.3, 0.4) is 0 Å². The number of nitrogens with one attached hydrogen (secondary N) is 1. The molecule has 0 radical (unpaired) electrons. The van der Waals surface area contributed by atoms with E-state index >= 15 is 0 Å². The van der Waals surface area contributed by atoms with Gasteiger partial charge < -0.3 is 5.32 Å². The Morgan fingerprint density at radius 1 is 1.57 bits per heavy atom. The summed E-state index contributed by atoms with van der Waals surface area (Å²) in [6, 6.07) is 0. The van der Waals surface area contributed by atoms with Gasteiger partial charge >= 0.3 is 0 Å². The Morgan fingerprint density at radius 2 is 2.21 bits per heavy atom. The summed E-state index contributed by atoms with van der Waals surface area (Å²) in [6.45, 7) is 11.8. The molecule has 14 heavy (non-hydrogen) atoms. The summed E-state index contributed by atoms with van der Waals surface area (Å²) >= 11 is 0. The van der Waals surface area contributed by atoms with Gasteiger partial charge in [-0.1, -0.05) is 26.0 Å². The minimum atomic E-state index is -0.126. The lowest BCUT2D eigenvalue weighted by Crippen LogP contribution is -2.38. The number of rotatable bonds is 4. The van der Waals surface area contributed by atoms with E-state index in [4.69, 9.17) is 0 Å². The number of hydrogen-bond donors (Lipinski definition) is 1. The number of allylic oxidation sites excluding steroid dienone is 1. The first kappa shape index (κ1) is 11.4. The normalized spacial score (nSPS) is 26.9. The van der Waals surface area contributed by atoms with E-state index in [2.05, 4.69) is 25.7 Å². The van der Waals surface area contributed by atoms with Gasteiger partial charge in [-0.2, -0.15) is 0 Å². The van der Waals surface area contributed by atoms with Crippen LogP contribution in [0.25, 0.3) is 0 Å². The van der Waals surface area contributed by atoms with E-state index in [9.17, 15) is 4.79 Å². The molecular formula is C12H21NO. The Hall–Kier alpha value is -0.630. The summed E-state index contributed by atoms with van der Waals surface area (Å²) < 4.78 is 0. The van der Waals surface area contributed by atoms with Gasteiger partial charge in [0, 0.05) is 18.4 Å². The van der Waals surface area contributed by atoms with Crippen LogP contribution in [-0.4, -0.2) is 18.9 Å². The maximum Gasteiger partial charge on any atom is 0.144 e. The molecule has 0 aromatic carbocycles. The highest BCUT2D eigenvalue weighted by molar-refractivity contribution is 5.87. The van der Waals surface area contributed by atoms with Gasteiger partial charge in [-0.3, -0.25) is 4.79 Å². The van der Waals surface area contributed by atoms with Crippen molar-refractivity contribution < 1.29 is 4.79 Å². The van der Waals surface area contributed by atoms with Gasteiger partial charge in [-0.25, -0.2) is 0 Å². The van der Waals surface area contributed by atoms with Crippen molar-refractivity contribution in [2.45, 2.75) is 33.6 Å². The molecule has 1 aliphatic rings. The summed E-state index contributed by atoms with van der Waals surface area (Å²) in [6.07, 6.45) is 1.52. The fourth-order valence-electron chi connectivity index (χ4n) is 2.21. The lowest BCUT2D eigenvalue weighted by molar-refractivity contribution is -0.129. The van der Waals surface area contributed by atoms with Crippen LogP contribution in [-0.2, 0) is 4.79 Å². The molecule has 1 N–H and O–H groups in total. The van der Waals surface area contributed by atoms with E-state index in [0.717, 1.165) is 25.1 Å². The van der Waals surface area contributed by atoms with Crippen molar-refractivity contribution in [1.29, 1.82) is 0 Å². The molecule has 0 aromatic rings. The third-order valence-corrected chi connectivity index (χ3v) is 3.31. The van der Waals surface area contributed by atoms with Crippen LogP contribution in [0.2, 0.25) is 0 Å². The fourth-order valence-corrected chi connectivity index (χ4v) is 2.21. The third kappa shape index (κ3) is 2.06. The lowest BCUT2D eigenvalue weighted by atomic mass is 9.71. The highest BCUT2D eigenvalue weighted by Gasteiger charge is 2.42. The highest BCUT2D eigenvalue weighted by atomic mass is 16.1. The van der Waals surface area contributed by atoms with Crippen molar-refractivity contribution >= 4 is 5.78 Å². The molecule has 1 atom stereocenters. The molecule has 0 bridgehead atoms. The first-order valence-electron chi connectivity index (χ1n) is 5.37. The number of ketones is 1. The largest absolute Gasteiger partial charge is 0.316 e. The van der Waals surface area contributed by atoms with Gasteiger partial charge in [0.25, 0.3) is 0 Å². The standard InChI is InChI=1S/C12H21NO/c1-9(2)7-11(14)12(10(3)4)5-6-13-8-12/h10,13H,1,5-8H2,2-4H3. The van der Waals surface area contributed by atoms with Crippen LogP contribution < -0.4 is 5.32 Å². The topological polar surface area (TPSA) is 29.1 Å². The monoisotopic (exact) mass is 195 g/mol. The molecule has 0 aromatic heterocycles. The van der Waals surface area contributed by atoms with Gasteiger partial charge in [0.05, 0.1) is 0 Å². The first-order chi connectivity index (χ1) is 6.49. The van der Waals surface area contributed by atoms with Gasteiger partial charge in [0.15, 0.2) is 0 Å². The molecule has 1 heterocycles. The molecule has 1 aliphatic heterocycles. The van der Waals surface area contributed by atoms with Crippen molar-refractivity contribution in [3.8, 4) is 0 Å². The summed E-state index contributed by atoms with van der Waals surface area (Å²) in [4.78, 5) is 12.1. The third-order valence-electron chi connectivity index (χ3n) is 3.31. The van der Waals surface area contributed by atoms with Crippen molar-refractivity contribution in [2.24, 2.45) is 11.3 Å². The minimum absolute atomic E-state index is 0.126. The Balaban J connectivity index is 2.77. The van der Waals surface area contributed by atoms with Crippen LogP contribution in [0, 0.1) is 11.3 Å². The number of carbonyl (C=O) groups excluding carboxylic acids is 1. The minimum Gasteiger partial charge on any atom is -0.316 e. The van der Waals surface area contributed by atoms with E-state index in [0.29, 0.717) is 18.1 Å². The molecule has 1 unspecified atom stereocenters. The average Bonchev–Trinajstić information content (AvgIpc) is 2.51. The maximum atomic E-state index is 12.1. The predicted molar refractivity (Wildman–Crippen MR) is 59.2 cm³/mol. The van der Waals surface area contributed by atoms with Crippen molar-refractivity contribution in [1.82, 2.24) is 5.32 Å². The fraction of sp³-hybridized carbons (Fsp3) is 0.750. The summed E-state index contributed by atoms with van der Waals surface area (Å²) in [5.41, 5.74) is 0.848. The van der Waals surface area contributed by atoms with Crippen LogP contribution in [0.15, 0.2) is 12.2 Å². The molecular weight excluding hydrogens is 174 g/mol. The molecule has 2 heteroatoms. The zero-order chi connectivity index (χ0) is 10.8. The van der Waals surface area contributed by atoms with Gasteiger partial charge in [-0.05, 0) is 25.8 Å². The van der Waals surface area contributed by atoms with Gasteiger partial charge in [0.2, 0.25) is 0 Å². The van der Waals surface area contributed by atoms with E-state index in [1.54, 1.807) is 0 Å². The van der Waals surface area contributed by atoms with E-state index in [1.807, 2.05) is 6.92 Å². The molecule has 2 nitrogen and oxygen atoms in total. The van der Waals surface area contributed by atoms with Crippen LogP contribution >= 0.6 is 0 Å². The summed E-state index contributed by atoms with van der Waals surface area (Å²) in [5.74, 6) is 0.786. The SMILES string of the molecule is C=C(C)CC(=O)C1(C(C)C)CCNC1. The first-order valence-corrected chi connectivity index (χ1v) is 5.37. The molecule has 0 spiro atoms. The lowest BCUT2D eigenvalue weighted by Gasteiger charge is -2.31. The molecule has 80 valence electrons. The Bertz CT molecular complexity index is 237. The van der Waals surface area contributed by atoms with Gasteiger partial charge in [-0.15, -0.1) is 0 Å². The smallest absolute Gasteiger partial charge is 0.144 e. The van der Waals surface area contributed by atoms with Crippen LogP contribution in [0.4, 0.5) is 0 Å². The number of hydrogen-bond acceptors (Lipinski definition) is 2. The van der Waals surface area contributed by atoms with Crippen LogP contribution in [0.5, 0.6) is 0 Å². The number of carbonyl (C=O) groups is 1. The van der Waals surface area contributed by atoms with Crippen molar-refractivity contribution in [3.63, 3.8) is 0 Å². The number of Topliss-reactive ketones (excluding diaryl/α,β-unsaturated/α-hetero) is 1. The summed E-state index contributed by atoms with van der Waals surface area (Å²) in [7, 11) is 0. The Morgan fingerprint density at radius 3 is 2.57 bits per heavy atom. The van der Waals surface area contributed by atoms with E-state index < -0.39 is 0 Å². The predicted octanol–water partition coefficient (Wildman–Crippen LogP) is 2.16. The molecule has 0 aliphatic carbocycles. The molecule has 1 saturated heterocycles. The average molecular weight is 195 g/mol. The second kappa shape index (κ2) is 4.26. The van der Waals surface area contributed by atoms with E-state index in [1.165, 1.54) is 0 Å². The highest BCUT2D eigenvalue weighted by Crippen LogP contribution is 2.36. The summed E-state index contributed by atoms with van der Waals surface area (Å²) in [5, 5.41) is 3.30. The van der Waals surface area contributed by atoms with Crippen molar-refractivity contribution in [3.05, 3.63) is 12.2 Å². The molecule has 1 fully saturated rings. The second-order valence-corrected chi connectivity index (χ2v) is 4.79. The maximum absolute atomic E-state index is 12.1. The van der Waals surface area contributed by atoms with Crippen LogP contribution in [0.1, 0.15) is 33.6 Å². The second-order valence-electron chi connectivity index (χ2n) is 4.79. The zero-order valence-corrected chi connectivity index (χ0v) is 9.52. The van der Waals surface area contributed by atoms with Crippen molar-refractivity contribution in [2.75, 3.05) is 13.1 Å². The molecule has 1 rings (SSSR count).